The zero-order valence-electron chi connectivity index (χ0n) is 12.8. The molecular formula is C16H23FN2O2. The predicted molar refractivity (Wildman–Crippen MR) is 79.2 cm³/mol. The normalized spacial score (nSPS) is 22.3. The van der Waals surface area contributed by atoms with Crippen LogP contribution in [0, 0.1) is 5.82 Å². The molecule has 2 rings (SSSR count). The Morgan fingerprint density at radius 3 is 2.81 bits per heavy atom. The molecule has 5 heteroatoms. The van der Waals surface area contributed by atoms with E-state index in [1.165, 1.54) is 12.1 Å². The zero-order chi connectivity index (χ0) is 15.4. The quantitative estimate of drug-likeness (QED) is 0.876. The number of halogens is 1. The van der Waals surface area contributed by atoms with Gasteiger partial charge >= 0.3 is 0 Å². The number of hydrogen-bond acceptors (Lipinski definition) is 3. The monoisotopic (exact) mass is 294 g/mol. The van der Waals surface area contributed by atoms with Crippen molar-refractivity contribution in [1.29, 1.82) is 0 Å². The SMILES string of the molecule is CCC1NC(c2cccc(F)c2)N(CCOC(C)C)C1=O. The van der Waals surface area contributed by atoms with Crippen LogP contribution in [0.25, 0.3) is 0 Å². The van der Waals surface area contributed by atoms with Crippen LogP contribution in [0.5, 0.6) is 0 Å². The van der Waals surface area contributed by atoms with Crippen LogP contribution in [-0.4, -0.2) is 36.1 Å². The summed E-state index contributed by atoms with van der Waals surface area (Å²) < 4.78 is 19.0. The van der Waals surface area contributed by atoms with Crippen molar-refractivity contribution >= 4 is 5.91 Å². The summed E-state index contributed by atoms with van der Waals surface area (Å²) in [5.74, 6) is -0.237. The molecule has 0 bridgehead atoms. The fourth-order valence-electron chi connectivity index (χ4n) is 2.55. The van der Waals surface area contributed by atoms with E-state index in [0.29, 0.717) is 19.6 Å². The Labute approximate surface area is 125 Å². The number of ether oxygens (including phenoxy) is 1. The van der Waals surface area contributed by atoms with Gasteiger partial charge in [0.25, 0.3) is 0 Å². The summed E-state index contributed by atoms with van der Waals surface area (Å²) in [6, 6.07) is 6.17. The van der Waals surface area contributed by atoms with E-state index in [1.807, 2.05) is 26.8 Å². The van der Waals surface area contributed by atoms with Crippen LogP contribution < -0.4 is 5.32 Å². The van der Waals surface area contributed by atoms with E-state index in [2.05, 4.69) is 5.32 Å². The number of carbonyl (C=O) groups excluding carboxylic acids is 1. The molecule has 1 aliphatic rings. The van der Waals surface area contributed by atoms with Crippen molar-refractivity contribution in [3.8, 4) is 0 Å². The van der Waals surface area contributed by atoms with E-state index >= 15 is 0 Å². The van der Waals surface area contributed by atoms with Gasteiger partial charge in [0.2, 0.25) is 5.91 Å². The molecule has 1 heterocycles. The first kappa shape index (κ1) is 15.9. The Bertz CT molecular complexity index is 493. The fraction of sp³-hybridized carbons (Fsp3) is 0.562. The molecule has 0 aliphatic carbocycles. The number of rotatable bonds is 6. The minimum Gasteiger partial charge on any atom is -0.377 e. The molecule has 21 heavy (non-hydrogen) atoms. The molecule has 0 radical (unpaired) electrons. The molecule has 116 valence electrons. The van der Waals surface area contributed by atoms with Gasteiger partial charge in [0.1, 0.15) is 12.0 Å². The Kier molecular flexibility index (Phi) is 5.31. The van der Waals surface area contributed by atoms with Crippen molar-refractivity contribution < 1.29 is 13.9 Å². The average molecular weight is 294 g/mol. The number of nitrogens with zero attached hydrogens (tertiary/aromatic N) is 1. The highest BCUT2D eigenvalue weighted by Gasteiger charge is 2.38. The first-order chi connectivity index (χ1) is 10.0. The van der Waals surface area contributed by atoms with Gasteiger partial charge in [0, 0.05) is 6.54 Å². The van der Waals surface area contributed by atoms with Crippen LogP contribution in [0.4, 0.5) is 4.39 Å². The Morgan fingerprint density at radius 1 is 1.43 bits per heavy atom. The van der Waals surface area contributed by atoms with E-state index in [1.54, 1.807) is 11.0 Å². The second-order valence-corrected chi connectivity index (χ2v) is 5.54. The number of nitrogens with one attached hydrogen (secondary N) is 1. The van der Waals surface area contributed by atoms with E-state index in [-0.39, 0.29) is 30.0 Å². The molecule has 4 nitrogen and oxygen atoms in total. The van der Waals surface area contributed by atoms with Gasteiger partial charge in [0.15, 0.2) is 0 Å². The van der Waals surface area contributed by atoms with Gasteiger partial charge in [-0.25, -0.2) is 4.39 Å². The third kappa shape index (κ3) is 3.80. The second kappa shape index (κ2) is 7.00. The van der Waals surface area contributed by atoms with Crippen LogP contribution in [0.1, 0.15) is 38.9 Å². The molecule has 0 aromatic heterocycles. The van der Waals surface area contributed by atoms with Crippen molar-refractivity contribution in [3.63, 3.8) is 0 Å². The lowest BCUT2D eigenvalue weighted by atomic mass is 10.1. The summed E-state index contributed by atoms with van der Waals surface area (Å²) in [7, 11) is 0. The number of carbonyl (C=O) groups is 1. The van der Waals surface area contributed by atoms with Crippen molar-refractivity contribution in [3.05, 3.63) is 35.6 Å². The van der Waals surface area contributed by atoms with E-state index in [9.17, 15) is 9.18 Å². The molecular weight excluding hydrogens is 271 g/mol. The number of amides is 1. The highest BCUT2D eigenvalue weighted by molar-refractivity contribution is 5.84. The molecule has 1 aliphatic heterocycles. The zero-order valence-corrected chi connectivity index (χ0v) is 12.8. The Hall–Kier alpha value is -1.46. The minimum absolute atomic E-state index is 0.0547. The van der Waals surface area contributed by atoms with Gasteiger partial charge in [-0.2, -0.15) is 0 Å². The summed E-state index contributed by atoms with van der Waals surface area (Å²) in [4.78, 5) is 14.1. The van der Waals surface area contributed by atoms with Gasteiger partial charge in [-0.3, -0.25) is 10.1 Å². The first-order valence-electron chi connectivity index (χ1n) is 7.46. The third-order valence-electron chi connectivity index (χ3n) is 3.61. The van der Waals surface area contributed by atoms with Crippen molar-refractivity contribution in [2.75, 3.05) is 13.2 Å². The van der Waals surface area contributed by atoms with Gasteiger partial charge in [-0.1, -0.05) is 19.1 Å². The molecule has 2 unspecified atom stereocenters. The molecule has 1 aromatic carbocycles. The summed E-state index contributed by atoms with van der Waals surface area (Å²) in [5, 5.41) is 3.28. The maximum atomic E-state index is 13.4. The predicted octanol–water partition coefficient (Wildman–Crippen LogP) is 2.46. The largest absolute Gasteiger partial charge is 0.377 e. The van der Waals surface area contributed by atoms with Crippen molar-refractivity contribution in [1.82, 2.24) is 10.2 Å². The molecule has 0 spiro atoms. The topological polar surface area (TPSA) is 41.6 Å². The number of benzene rings is 1. The summed E-state index contributed by atoms with van der Waals surface area (Å²) in [6.07, 6.45) is 0.561. The fourth-order valence-corrected chi connectivity index (χ4v) is 2.55. The summed E-state index contributed by atoms with van der Waals surface area (Å²) in [6.45, 7) is 6.87. The lowest BCUT2D eigenvalue weighted by Crippen LogP contribution is -2.34. The van der Waals surface area contributed by atoms with Gasteiger partial charge < -0.3 is 9.64 Å². The standard InChI is InChI=1S/C16H23FN2O2/c1-4-14-16(20)19(8-9-21-11(2)3)15(18-14)12-6-5-7-13(17)10-12/h5-7,10-11,14-15,18H,4,8-9H2,1-3H3. The highest BCUT2D eigenvalue weighted by atomic mass is 19.1. The molecule has 1 aromatic rings. The minimum atomic E-state index is -0.292. The maximum Gasteiger partial charge on any atom is 0.241 e. The van der Waals surface area contributed by atoms with Crippen molar-refractivity contribution in [2.24, 2.45) is 0 Å². The molecule has 1 N–H and O–H groups in total. The van der Waals surface area contributed by atoms with Crippen LogP contribution in [0.15, 0.2) is 24.3 Å². The van der Waals surface area contributed by atoms with Gasteiger partial charge in [0.05, 0.1) is 18.8 Å². The highest BCUT2D eigenvalue weighted by Crippen LogP contribution is 2.26. The Morgan fingerprint density at radius 2 is 2.19 bits per heavy atom. The van der Waals surface area contributed by atoms with Crippen LogP contribution in [0.3, 0.4) is 0 Å². The van der Waals surface area contributed by atoms with Gasteiger partial charge in [-0.05, 0) is 38.0 Å². The first-order valence-corrected chi connectivity index (χ1v) is 7.46. The second-order valence-electron chi connectivity index (χ2n) is 5.54. The van der Waals surface area contributed by atoms with Crippen LogP contribution in [-0.2, 0) is 9.53 Å². The van der Waals surface area contributed by atoms with E-state index in [0.717, 1.165) is 5.56 Å². The lowest BCUT2D eigenvalue weighted by Gasteiger charge is -2.25. The maximum absolute atomic E-state index is 13.4. The van der Waals surface area contributed by atoms with Crippen LogP contribution in [0.2, 0.25) is 0 Å². The summed E-state index contributed by atoms with van der Waals surface area (Å²) in [5.41, 5.74) is 0.767. The number of hydrogen-bond donors (Lipinski definition) is 1. The third-order valence-corrected chi connectivity index (χ3v) is 3.61. The van der Waals surface area contributed by atoms with Gasteiger partial charge in [-0.15, -0.1) is 0 Å². The Balaban J connectivity index is 2.14. The molecule has 1 fully saturated rings. The van der Waals surface area contributed by atoms with E-state index < -0.39 is 0 Å². The smallest absolute Gasteiger partial charge is 0.241 e. The van der Waals surface area contributed by atoms with Crippen molar-refractivity contribution in [2.45, 2.75) is 45.5 Å². The summed E-state index contributed by atoms with van der Waals surface area (Å²) >= 11 is 0. The van der Waals surface area contributed by atoms with Crippen LogP contribution >= 0.6 is 0 Å². The lowest BCUT2D eigenvalue weighted by molar-refractivity contribution is -0.131. The molecule has 2 atom stereocenters. The average Bonchev–Trinajstić information content (AvgIpc) is 2.75. The molecule has 1 saturated heterocycles. The van der Waals surface area contributed by atoms with E-state index in [4.69, 9.17) is 4.74 Å². The molecule has 0 saturated carbocycles. The molecule has 1 amide bonds.